The number of carbonyl (C=O) groups is 1. The van der Waals surface area contributed by atoms with Crippen LogP contribution in [0.4, 0.5) is 5.69 Å². The van der Waals surface area contributed by atoms with Crippen molar-refractivity contribution in [3.05, 3.63) is 29.8 Å². The quantitative estimate of drug-likeness (QED) is 0.795. The summed E-state index contributed by atoms with van der Waals surface area (Å²) in [6, 6.07) is 7.50. The first-order valence-electron chi connectivity index (χ1n) is 6.07. The predicted molar refractivity (Wildman–Crippen MR) is 71.7 cm³/mol. The Hall–Kier alpha value is -1.51. The molecule has 0 aliphatic heterocycles. The van der Waals surface area contributed by atoms with Gasteiger partial charge in [0, 0.05) is 19.3 Å². The Bertz CT molecular complexity index is 374. The van der Waals surface area contributed by atoms with Gasteiger partial charge in [-0.25, -0.2) is 0 Å². The SMILES string of the molecule is CC(C)CCN(C)C(=O)Cc1cccc(N)c1. The molecule has 94 valence electrons. The minimum Gasteiger partial charge on any atom is -0.399 e. The van der Waals surface area contributed by atoms with Crippen LogP contribution < -0.4 is 5.73 Å². The summed E-state index contributed by atoms with van der Waals surface area (Å²) in [5, 5.41) is 0. The van der Waals surface area contributed by atoms with E-state index in [9.17, 15) is 4.79 Å². The van der Waals surface area contributed by atoms with E-state index in [0.29, 0.717) is 18.0 Å². The molecule has 0 aliphatic carbocycles. The standard InChI is InChI=1S/C14H22N2O/c1-11(2)7-8-16(3)14(17)10-12-5-4-6-13(15)9-12/h4-6,9,11H,7-8,10,15H2,1-3H3. The Labute approximate surface area is 104 Å². The van der Waals surface area contributed by atoms with Crippen LogP contribution in [0.5, 0.6) is 0 Å². The van der Waals surface area contributed by atoms with Crippen molar-refractivity contribution >= 4 is 11.6 Å². The zero-order valence-electron chi connectivity index (χ0n) is 10.9. The highest BCUT2D eigenvalue weighted by Gasteiger charge is 2.10. The summed E-state index contributed by atoms with van der Waals surface area (Å²) >= 11 is 0. The molecule has 0 saturated heterocycles. The lowest BCUT2D eigenvalue weighted by atomic mass is 10.1. The summed E-state index contributed by atoms with van der Waals surface area (Å²) in [6.07, 6.45) is 1.47. The largest absolute Gasteiger partial charge is 0.399 e. The molecule has 17 heavy (non-hydrogen) atoms. The second-order valence-electron chi connectivity index (χ2n) is 4.92. The summed E-state index contributed by atoms with van der Waals surface area (Å²) in [5.74, 6) is 0.772. The van der Waals surface area contributed by atoms with Gasteiger partial charge in [0.1, 0.15) is 0 Å². The lowest BCUT2D eigenvalue weighted by Gasteiger charge is -2.18. The van der Waals surface area contributed by atoms with Crippen LogP contribution >= 0.6 is 0 Å². The van der Waals surface area contributed by atoms with Gasteiger partial charge in [-0.15, -0.1) is 0 Å². The molecule has 0 aliphatic rings. The molecule has 0 fully saturated rings. The number of benzene rings is 1. The number of rotatable bonds is 5. The Balaban J connectivity index is 2.48. The fraction of sp³-hybridized carbons (Fsp3) is 0.500. The van der Waals surface area contributed by atoms with Gasteiger partial charge in [-0.2, -0.15) is 0 Å². The van der Waals surface area contributed by atoms with Crippen molar-refractivity contribution in [2.24, 2.45) is 5.92 Å². The van der Waals surface area contributed by atoms with Gasteiger partial charge in [-0.05, 0) is 30.0 Å². The Morgan fingerprint density at radius 3 is 2.71 bits per heavy atom. The first-order valence-corrected chi connectivity index (χ1v) is 6.07. The highest BCUT2D eigenvalue weighted by molar-refractivity contribution is 5.78. The van der Waals surface area contributed by atoms with Crippen molar-refractivity contribution < 1.29 is 4.79 Å². The van der Waals surface area contributed by atoms with Crippen LogP contribution in [0.15, 0.2) is 24.3 Å². The van der Waals surface area contributed by atoms with Gasteiger partial charge >= 0.3 is 0 Å². The Morgan fingerprint density at radius 2 is 2.12 bits per heavy atom. The highest BCUT2D eigenvalue weighted by atomic mass is 16.2. The molecule has 0 atom stereocenters. The number of amides is 1. The van der Waals surface area contributed by atoms with Crippen molar-refractivity contribution in [1.82, 2.24) is 4.90 Å². The molecule has 0 bridgehead atoms. The third kappa shape index (κ3) is 4.89. The maximum atomic E-state index is 11.9. The third-order valence-corrected chi connectivity index (χ3v) is 2.77. The van der Waals surface area contributed by atoms with Gasteiger partial charge in [0.25, 0.3) is 0 Å². The van der Waals surface area contributed by atoms with E-state index in [4.69, 9.17) is 5.73 Å². The summed E-state index contributed by atoms with van der Waals surface area (Å²) < 4.78 is 0. The smallest absolute Gasteiger partial charge is 0.226 e. The minimum atomic E-state index is 0.149. The van der Waals surface area contributed by atoms with E-state index in [1.165, 1.54) is 0 Å². The van der Waals surface area contributed by atoms with Crippen molar-refractivity contribution in [1.29, 1.82) is 0 Å². The maximum Gasteiger partial charge on any atom is 0.226 e. The van der Waals surface area contributed by atoms with E-state index in [-0.39, 0.29) is 5.91 Å². The van der Waals surface area contributed by atoms with Crippen molar-refractivity contribution in [3.63, 3.8) is 0 Å². The molecule has 1 aromatic rings. The number of nitrogen functional groups attached to an aromatic ring is 1. The first kappa shape index (κ1) is 13.6. The fourth-order valence-electron chi connectivity index (χ4n) is 1.59. The van der Waals surface area contributed by atoms with Crippen LogP contribution in [0.3, 0.4) is 0 Å². The predicted octanol–water partition coefficient (Wildman–Crippen LogP) is 2.32. The van der Waals surface area contributed by atoms with Crippen molar-refractivity contribution in [2.75, 3.05) is 19.3 Å². The Kier molecular flexibility index (Phi) is 5.01. The van der Waals surface area contributed by atoms with Crippen LogP contribution in [0, 0.1) is 5.92 Å². The molecule has 0 radical (unpaired) electrons. The van der Waals surface area contributed by atoms with Crippen LogP contribution in [0.1, 0.15) is 25.8 Å². The van der Waals surface area contributed by atoms with Crippen LogP contribution in [-0.4, -0.2) is 24.4 Å². The number of nitrogens with zero attached hydrogens (tertiary/aromatic N) is 1. The lowest BCUT2D eigenvalue weighted by Crippen LogP contribution is -2.29. The van der Waals surface area contributed by atoms with Crippen molar-refractivity contribution in [2.45, 2.75) is 26.7 Å². The number of nitrogens with two attached hydrogens (primary N) is 1. The number of hydrogen-bond acceptors (Lipinski definition) is 2. The average molecular weight is 234 g/mol. The van der Waals surface area contributed by atoms with Gasteiger partial charge < -0.3 is 10.6 Å². The molecule has 0 spiro atoms. The molecule has 0 aromatic heterocycles. The molecular weight excluding hydrogens is 212 g/mol. The van der Waals surface area contributed by atoms with Crippen LogP contribution in [-0.2, 0) is 11.2 Å². The number of hydrogen-bond donors (Lipinski definition) is 1. The third-order valence-electron chi connectivity index (χ3n) is 2.77. The first-order chi connectivity index (χ1) is 7.99. The topological polar surface area (TPSA) is 46.3 Å². The van der Waals surface area contributed by atoms with E-state index >= 15 is 0 Å². The van der Waals surface area contributed by atoms with Gasteiger partial charge in [0.05, 0.1) is 6.42 Å². The molecule has 1 aromatic carbocycles. The van der Waals surface area contributed by atoms with E-state index in [0.717, 1.165) is 18.5 Å². The Morgan fingerprint density at radius 1 is 1.41 bits per heavy atom. The van der Waals surface area contributed by atoms with E-state index in [1.807, 2.05) is 31.3 Å². The minimum absolute atomic E-state index is 0.149. The highest BCUT2D eigenvalue weighted by Crippen LogP contribution is 2.09. The molecule has 1 amide bonds. The fourth-order valence-corrected chi connectivity index (χ4v) is 1.59. The summed E-state index contributed by atoms with van der Waals surface area (Å²) in [4.78, 5) is 13.7. The number of carbonyl (C=O) groups excluding carboxylic acids is 1. The molecule has 3 heteroatoms. The average Bonchev–Trinajstić information content (AvgIpc) is 2.25. The second kappa shape index (κ2) is 6.28. The monoisotopic (exact) mass is 234 g/mol. The molecule has 0 saturated carbocycles. The molecule has 2 N–H and O–H groups in total. The zero-order valence-corrected chi connectivity index (χ0v) is 10.9. The van der Waals surface area contributed by atoms with E-state index in [2.05, 4.69) is 13.8 Å². The normalized spacial score (nSPS) is 10.6. The van der Waals surface area contributed by atoms with Crippen LogP contribution in [0.2, 0.25) is 0 Å². The molecule has 1 rings (SSSR count). The number of likely N-dealkylation sites (N-methyl/N-ethyl adjacent to an activating group) is 1. The van der Waals surface area contributed by atoms with E-state index in [1.54, 1.807) is 4.90 Å². The van der Waals surface area contributed by atoms with Gasteiger partial charge in [-0.1, -0.05) is 26.0 Å². The lowest BCUT2D eigenvalue weighted by molar-refractivity contribution is -0.129. The van der Waals surface area contributed by atoms with Gasteiger partial charge in [0.2, 0.25) is 5.91 Å². The number of anilines is 1. The summed E-state index contributed by atoms with van der Waals surface area (Å²) in [7, 11) is 1.86. The molecular formula is C14H22N2O. The molecule has 0 unspecified atom stereocenters. The maximum absolute atomic E-state index is 11.9. The summed E-state index contributed by atoms with van der Waals surface area (Å²) in [5.41, 5.74) is 7.37. The van der Waals surface area contributed by atoms with Gasteiger partial charge in [-0.3, -0.25) is 4.79 Å². The van der Waals surface area contributed by atoms with Crippen LogP contribution in [0.25, 0.3) is 0 Å². The molecule has 3 nitrogen and oxygen atoms in total. The molecule has 0 heterocycles. The van der Waals surface area contributed by atoms with E-state index < -0.39 is 0 Å². The summed E-state index contributed by atoms with van der Waals surface area (Å²) in [6.45, 7) is 5.14. The zero-order chi connectivity index (χ0) is 12.8. The van der Waals surface area contributed by atoms with Crippen molar-refractivity contribution in [3.8, 4) is 0 Å². The van der Waals surface area contributed by atoms with Gasteiger partial charge in [0.15, 0.2) is 0 Å². The second-order valence-corrected chi connectivity index (χ2v) is 4.92.